The van der Waals surface area contributed by atoms with Crippen molar-refractivity contribution in [1.82, 2.24) is 15.2 Å². The molecule has 3 aromatic rings. The summed E-state index contributed by atoms with van der Waals surface area (Å²) in [6.45, 7) is 4.48. The zero-order valence-corrected chi connectivity index (χ0v) is 20.8. The number of hydrogen-bond acceptors (Lipinski definition) is 6. The van der Waals surface area contributed by atoms with Gasteiger partial charge in [0.2, 0.25) is 5.91 Å². The number of aromatic nitrogens is 1. The molecular formula is C28H31N3O5. The summed E-state index contributed by atoms with van der Waals surface area (Å²) in [5.74, 6) is -0.202. The molecule has 1 aromatic heterocycles. The molecule has 1 aliphatic heterocycles. The number of likely N-dealkylation sites (tertiary alicyclic amines) is 1. The highest BCUT2D eigenvalue weighted by molar-refractivity contribution is 5.99. The molecule has 2 aromatic carbocycles. The number of carbonyl (C=O) groups excluding carboxylic acids is 3. The van der Waals surface area contributed by atoms with Crippen LogP contribution in [-0.2, 0) is 20.9 Å². The Kier molecular flexibility index (Phi) is 7.95. The fraction of sp³-hybridized carbons (Fsp3) is 0.357. The second-order valence-electron chi connectivity index (χ2n) is 9.26. The van der Waals surface area contributed by atoms with Crippen LogP contribution in [0.2, 0.25) is 0 Å². The SMILES string of the molecule is COc1cccc(COC(C(C)C)[C@H](NC(=O)c2ccc3ccccc3n2)C(=O)N2CCC(=O)C2)c1. The summed E-state index contributed by atoms with van der Waals surface area (Å²) in [5, 5.41) is 3.79. The smallest absolute Gasteiger partial charge is 0.270 e. The molecule has 0 aliphatic carbocycles. The van der Waals surface area contributed by atoms with Crippen LogP contribution in [0.15, 0.2) is 60.7 Å². The second-order valence-corrected chi connectivity index (χ2v) is 9.26. The van der Waals surface area contributed by atoms with Gasteiger partial charge in [0.25, 0.3) is 5.91 Å². The van der Waals surface area contributed by atoms with E-state index in [2.05, 4.69) is 10.3 Å². The van der Waals surface area contributed by atoms with Crippen molar-refractivity contribution in [2.75, 3.05) is 20.2 Å². The summed E-state index contributed by atoms with van der Waals surface area (Å²) in [7, 11) is 1.60. The Morgan fingerprint density at radius 2 is 1.89 bits per heavy atom. The molecule has 0 spiro atoms. The number of ether oxygens (including phenoxy) is 2. The van der Waals surface area contributed by atoms with Crippen LogP contribution in [0.4, 0.5) is 0 Å². The van der Waals surface area contributed by atoms with E-state index in [1.54, 1.807) is 13.2 Å². The Balaban J connectivity index is 1.59. The Bertz CT molecular complexity index is 1260. The first-order valence-electron chi connectivity index (χ1n) is 12.1. The lowest BCUT2D eigenvalue weighted by molar-refractivity contribution is -0.139. The standard InChI is InChI=1S/C28H31N3O5/c1-18(2)26(36-17-19-7-6-9-22(15-19)35-3)25(28(34)31-14-13-21(32)16-31)30-27(33)24-12-11-20-8-4-5-10-23(20)29-24/h4-12,15,18,25-26H,13-14,16-17H2,1-3H3,(H,30,33)/t25-,26?/m0/s1. The van der Waals surface area contributed by atoms with Gasteiger partial charge in [-0.25, -0.2) is 4.98 Å². The molecule has 0 saturated carbocycles. The van der Waals surface area contributed by atoms with Gasteiger partial charge in [-0.3, -0.25) is 14.4 Å². The molecule has 1 fully saturated rings. The zero-order valence-electron chi connectivity index (χ0n) is 20.8. The maximum absolute atomic E-state index is 13.6. The molecule has 2 heterocycles. The second kappa shape index (κ2) is 11.3. The molecule has 2 atom stereocenters. The Labute approximate surface area is 210 Å². The Morgan fingerprint density at radius 3 is 2.61 bits per heavy atom. The van der Waals surface area contributed by atoms with Crippen molar-refractivity contribution in [2.24, 2.45) is 5.92 Å². The number of carbonyl (C=O) groups is 3. The van der Waals surface area contributed by atoms with Crippen molar-refractivity contribution in [3.63, 3.8) is 0 Å². The van der Waals surface area contributed by atoms with Crippen LogP contribution in [-0.4, -0.2) is 59.8 Å². The average Bonchev–Trinajstić information content (AvgIpc) is 3.33. The van der Waals surface area contributed by atoms with Gasteiger partial charge in [-0.15, -0.1) is 0 Å². The van der Waals surface area contributed by atoms with E-state index in [1.807, 2.05) is 68.4 Å². The first-order chi connectivity index (χ1) is 17.4. The molecule has 8 heteroatoms. The van der Waals surface area contributed by atoms with Gasteiger partial charge < -0.3 is 19.7 Å². The maximum Gasteiger partial charge on any atom is 0.270 e. The van der Waals surface area contributed by atoms with E-state index in [4.69, 9.17) is 9.47 Å². The van der Waals surface area contributed by atoms with Crippen molar-refractivity contribution in [3.8, 4) is 5.75 Å². The van der Waals surface area contributed by atoms with Crippen molar-refractivity contribution >= 4 is 28.5 Å². The van der Waals surface area contributed by atoms with E-state index in [0.717, 1.165) is 10.9 Å². The van der Waals surface area contributed by atoms with Crippen molar-refractivity contribution in [3.05, 3.63) is 71.9 Å². The van der Waals surface area contributed by atoms with E-state index in [0.29, 0.717) is 24.2 Å². The summed E-state index contributed by atoms with van der Waals surface area (Å²) in [6.07, 6.45) is -0.320. The molecule has 8 nitrogen and oxygen atoms in total. The minimum Gasteiger partial charge on any atom is -0.497 e. The molecule has 1 saturated heterocycles. The van der Waals surface area contributed by atoms with Gasteiger partial charge >= 0.3 is 0 Å². The first kappa shape index (κ1) is 25.3. The Morgan fingerprint density at radius 1 is 1.08 bits per heavy atom. The van der Waals surface area contributed by atoms with Crippen molar-refractivity contribution in [1.29, 1.82) is 0 Å². The van der Waals surface area contributed by atoms with Crippen LogP contribution in [0.25, 0.3) is 10.9 Å². The predicted molar refractivity (Wildman–Crippen MR) is 136 cm³/mol. The molecule has 36 heavy (non-hydrogen) atoms. The first-order valence-corrected chi connectivity index (χ1v) is 12.1. The monoisotopic (exact) mass is 489 g/mol. The number of fused-ring (bicyclic) bond motifs is 1. The van der Waals surface area contributed by atoms with E-state index in [9.17, 15) is 14.4 Å². The van der Waals surface area contributed by atoms with Gasteiger partial charge in [0.1, 0.15) is 17.5 Å². The molecule has 1 unspecified atom stereocenters. The fourth-order valence-corrected chi connectivity index (χ4v) is 4.34. The minimum atomic E-state index is -0.984. The molecule has 188 valence electrons. The third-order valence-corrected chi connectivity index (χ3v) is 6.29. The average molecular weight is 490 g/mol. The quantitative estimate of drug-likeness (QED) is 0.495. The van der Waals surface area contributed by atoms with Crippen LogP contribution in [0.1, 0.15) is 36.3 Å². The number of amides is 2. The van der Waals surface area contributed by atoms with E-state index < -0.39 is 18.1 Å². The number of nitrogens with one attached hydrogen (secondary N) is 1. The number of rotatable bonds is 9. The van der Waals surface area contributed by atoms with Crippen LogP contribution in [0, 0.1) is 5.92 Å². The number of nitrogens with zero attached hydrogens (tertiary/aromatic N) is 2. The van der Waals surface area contributed by atoms with Crippen LogP contribution in [0.3, 0.4) is 0 Å². The van der Waals surface area contributed by atoms with E-state index in [-0.39, 0.29) is 36.5 Å². The van der Waals surface area contributed by atoms with Gasteiger partial charge in [0.15, 0.2) is 5.78 Å². The molecule has 0 radical (unpaired) electrons. The van der Waals surface area contributed by atoms with Gasteiger partial charge in [-0.1, -0.05) is 50.2 Å². The number of methoxy groups -OCH3 is 1. The largest absolute Gasteiger partial charge is 0.497 e. The lowest BCUT2D eigenvalue weighted by Gasteiger charge is -2.32. The van der Waals surface area contributed by atoms with Crippen molar-refractivity contribution in [2.45, 2.75) is 39.0 Å². The number of benzene rings is 2. The predicted octanol–water partition coefficient (Wildman–Crippen LogP) is 3.38. The van der Waals surface area contributed by atoms with Gasteiger partial charge in [0.05, 0.1) is 31.9 Å². The lowest BCUT2D eigenvalue weighted by atomic mass is 9.97. The van der Waals surface area contributed by atoms with E-state index in [1.165, 1.54) is 4.90 Å². The number of para-hydroxylation sites is 1. The van der Waals surface area contributed by atoms with Crippen LogP contribution >= 0.6 is 0 Å². The minimum absolute atomic E-state index is 0.00279. The molecule has 4 rings (SSSR count). The highest BCUT2D eigenvalue weighted by atomic mass is 16.5. The number of hydrogen-bond donors (Lipinski definition) is 1. The third kappa shape index (κ3) is 5.88. The zero-order chi connectivity index (χ0) is 25.7. The highest BCUT2D eigenvalue weighted by Gasteiger charge is 2.38. The number of pyridine rings is 1. The molecule has 1 aliphatic rings. The molecule has 0 bridgehead atoms. The third-order valence-electron chi connectivity index (χ3n) is 6.29. The number of Topliss-reactive ketones (excluding diaryl/α,β-unsaturated/α-hetero) is 1. The highest BCUT2D eigenvalue weighted by Crippen LogP contribution is 2.21. The van der Waals surface area contributed by atoms with Gasteiger partial charge in [-0.2, -0.15) is 0 Å². The lowest BCUT2D eigenvalue weighted by Crippen LogP contribution is -2.56. The molecular weight excluding hydrogens is 458 g/mol. The fourth-order valence-electron chi connectivity index (χ4n) is 4.34. The summed E-state index contributed by atoms with van der Waals surface area (Å²) in [6, 6.07) is 17.5. The normalized spacial score (nSPS) is 15.2. The van der Waals surface area contributed by atoms with Gasteiger partial charge in [0, 0.05) is 18.4 Å². The summed E-state index contributed by atoms with van der Waals surface area (Å²) >= 11 is 0. The van der Waals surface area contributed by atoms with Crippen molar-refractivity contribution < 1.29 is 23.9 Å². The summed E-state index contributed by atoms with van der Waals surface area (Å²) in [4.78, 5) is 44.7. The summed E-state index contributed by atoms with van der Waals surface area (Å²) < 4.78 is 11.5. The maximum atomic E-state index is 13.6. The van der Waals surface area contributed by atoms with E-state index >= 15 is 0 Å². The number of ketones is 1. The summed E-state index contributed by atoms with van der Waals surface area (Å²) in [5.41, 5.74) is 1.78. The topological polar surface area (TPSA) is 97.8 Å². The van der Waals surface area contributed by atoms with Gasteiger partial charge in [-0.05, 0) is 35.7 Å². The molecule has 1 N–H and O–H groups in total. The Hall–Kier alpha value is -3.78. The van der Waals surface area contributed by atoms with Crippen LogP contribution < -0.4 is 10.1 Å². The molecule has 2 amide bonds. The van der Waals surface area contributed by atoms with Crippen LogP contribution in [0.5, 0.6) is 5.75 Å².